The molecule has 19 heavy (non-hydrogen) atoms. The molecule has 2 atom stereocenters. The lowest BCUT2D eigenvalue weighted by Crippen LogP contribution is -2.41. The summed E-state index contributed by atoms with van der Waals surface area (Å²) >= 11 is 0. The Morgan fingerprint density at radius 2 is 2.05 bits per heavy atom. The Bertz CT molecular complexity index is 479. The molecule has 0 radical (unpaired) electrons. The van der Waals surface area contributed by atoms with Gasteiger partial charge in [-0.25, -0.2) is 0 Å². The molecule has 2 N–H and O–H groups in total. The number of aliphatic hydroxyl groups is 1. The second-order valence-corrected chi connectivity index (χ2v) is 5.15. The fraction of sp³-hybridized carbons (Fsp3) is 0.400. The maximum atomic E-state index is 10.5. The van der Waals surface area contributed by atoms with Crippen molar-refractivity contribution in [1.29, 1.82) is 0 Å². The highest BCUT2D eigenvalue weighted by molar-refractivity contribution is 5.21. The Morgan fingerprint density at radius 3 is 2.68 bits per heavy atom. The molecule has 0 saturated carbocycles. The SMILES string of the molecule is CC(Cn1cccn1)NCC(C)(O)c1ccccc1. The molecule has 102 valence electrons. The third-order valence-corrected chi connectivity index (χ3v) is 3.21. The second-order valence-electron chi connectivity index (χ2n) is 5.15. The Labute approximate surface area is 114 Å². The lowest BCUT2D eigenvalue weighted by molar-refractivity contribution is 0.0536. The molecule has 0 bridgehead atoms. The first-order chi connectivity index (χ1) is 9.08. The van der Waals surface area contributed by atoms with Crippen LogP contribution in [-0.4, -0.2) is 27.5 Å². The quantitative estimate of drug-likeness (QED) is 0.831. The van der Waals surface area contributed by atoms with Crippen LogP contribution in [0.1, 0.15) is 19.4 Å². The van der Waals surface area contributed by atoms with Crippen molar-refractivity contribution in [3.8, 4) is 0 Å². The third-order valence-electron chi connectivity index (χ3n) is 3.21. The number of aromatic nitrogens is 2. The van der Waals surface area contributed by atoms with Crippen molar-refractivity contribution in [3.63, 3.8) is 0 Å². The van der Waals surface area contributed by atoms with Crippen LogP contribution in [0.5, 0.6) is 0 Å². The minimum absolute atomic E-state index is 0.245. The molecular weight excluding hydrogens is 238 g/mol. The third kappa shape index (κ3) is 3.91. The molecule has 0 fully saturated rings. The normalized spacial score (nSPS) is 15.9. The maximum absolute atomic E-state index is 10.5. The Hall–Kier alpha value is -1.65. The van der Waals surface area contributed by atoms with Crippen molar-refractivity contribution >= 4 is 0 Å². The van der Waals surface area contributed by atoms with E-state index >= 15 is 0 Å². The van der Waals surface area contributed by atoms with Crippen LogP contribution in [0.15, 0.2) is 48.8 Å². The van der Waals surface area contributed by atoms with Gasteiger partial charge in [-0.2, -0.15) is 5.10 Å². The Morgan fingerprint density at radius 1 is 1.32 bits per heavy atom. The topological polar surface area (TPSA) is 50.1 Å². The second kappa shape index (κ2) is 5.99. The highest BCUT2D eigenvalue weighted by Crippen LogP contribution is 2.19. The summed E-state index contributed by atoms with van der Waals surface area (Å²) in [6, 6.07) is 11.9. The van der Waals surface area contributed by atoms with E-state index in [9.17, 15) is 5.11 Å². The minimum Gasteiger partial charge on any atom is -0.384 e. The van der Waals surface area contributed by atoms with Crippen LogP contribution in [0, 0.1) is 0 Å². The lowest BCUT2D eigenvalue weighted by Gasteiger charge is -2.26. The van der Waals surface area contributed by atoms with E-state index in [2.05, 4.69) is 17.3 Å². The lowest BCUT2D eigenvalue weighted by atomic mass is 9.96. The van der Waals surface area contributed by atoms with Gasteiger partial charge in [0.05, 0.1) is 12.1 Å². The van der Waals surface area contributed by atoms with E-state index in [1.807, 2.05) is 54.2 Å². The standard InChI is InChI=1S/C15H21N3O/c1-13(11-18-10-6-9-17-18)16-12-15(2,19)14-7-4-3-5-8-14/h3-10,13,16,19H,11-12H2,1-2H3. The van der Waals surface area contributed by atoms with Gasteiger partial charge in [0, 0.05) is 25.0 Å². The predicted molar refractivity (Wildman–Crippen MR) is 75.7 cm³/mol. The van der Waals surface area contributed by atoms with Crippen LogP contribution in [0.25, 0.3) is 0 Å². The molecule has 0 saturated heterocycles. The van der Waals surface area contributed by atoms with E-state index in [1.54, 1.807) is 6.20 Å². The molecule has 0 aliphatic heterocycles. The van der Waals surface area contributed by atoms with Crippen molar-refractivity contribution in [2.45, 2.75) is 32.0 Å². The number of hydrogen-bond donors (Lipinski definition) is 2. The van der Waals surface area contributed by atoms with E-state index in [4.69, 9.17) is 0 Å². The van der Waals surface area contributed by atoms with Gasteiger partial charge in [0.25, 0.3) is 0 Å². The summed E-state index contributed by atoms with van der Waals surface area (Å²) in [6.07, 6.45) is 3.71. The van der Waals surface area contributed by atoms with Crippen LogP contribution in [0.3, 0.4) is 0 Å². The molecule has 4 heteroatoms. The zero-order valence-electron chi connectivity index (χ0n) is 11.5. The number of nitrogens with one attached hydrogen (secondary N) is 1. The van der Waals surface area contributed by atoms with Crippen molar-refractivity contribution in [1.82, 2.24) is 15.1 Å². The fourth-order valence-electron chi connectivity index (χ4n) is 2.03. The molecule has 4 nitrogen and oxygen atoms in total. The maximum Gasteiger partial charge on any atom is 0.0992 e. The molecule has 0 aliphatic carbocycles. The number of nitrogens with zero attached hydrogens (tertiary/aromatic N) is 2. The molecule has 1 heterocycles. The molecule has 2 unspecified atom stereocenters. The van der Waals surface area contributed by atoms with Crippen LogP contribution in [0.4, 0.5) is 0 Å². The molecule has 0 spiro atoms. The summed E-state index contributed by atoms with van der Waals surface area (Å²) in [6.45, 7) is 5.22. The number of benzene rings is 1. The van der Waals surface area contributed by atoms with Gasteiger partial charge < -0.3 is 10.4 Å². The smallest absolute Gasteiger partial charge is 0.0992 e. The van der Waals surface area contributed by atoms with E-state index in [0.717, 1.165) is 12.1 Å². The summed E-state index contributed by atoms with van der Waals surface area (Å²) in [5.41, 5.74) is 0.0633. The summed E-state index contributed by atoms with van der Waals surface area (Å²) in [4.78, 5) is 0. The predicted octanol–water partition coefficient (Wildman–Crippen LogP) is 1.77. The first kappa shape index (κ1) is 13.8. The van der Waals surface area contributed by atoms with Crippen molar-refractivity contribution in [2.75, 3.05) is 6.54 Å². The van der Waals surface area contributed by atoms with Gasteiger partial charge in [-0.15, -0.1) is 0 Å². The van der Waals surface area contributed by atoms with Crippen LogP contribution in [0.2, 0.25) is 0 Å². The van der Waals surface area contributed by atoms with Gasteiger partial charge in [-0.05, 0) is 25.5 Å². The van der Waals surface area contributed by atoms with Crippen LogP contribution in [-0.2, 0) is 12.1 Å². The van der Waals surface area contributed by atoms with Gasteiger partial charge in [0.15, 0.2) is 0 Å². The molecule has 2 aromatic rings. The van der Waals surface area contributed by atoms with E-state index in [0.29, 0.717) is 6.54 Å². The first-order valence-corrected chi connectivity index (χ1v) is 6.56. The van der Waals surface area contributed by atoms with Gasteiger partial charge >= 0.3 is 0 Å². The van der Waals surface area contributed by atoms with E-state index < -0.39 is 5.60 Å². The molecule has 0 amide bonds. The van der Waals surface area contributed by atoms with Crippen molar-refractivity contribution < 1.29 is 5.11 Å². The zero-order chi connectivity index (χ0) is 13.7. The Kier molecular flexibility index (Phi) is 4.35. The molecule has 1 aromatic heterocycles. The Balaban J connectivity index is 1.87. The highest BCUT2D eigenvalue weighted by atomic mass is 16.3. The average Bonchev–Trinajstić information content (AvgIpc) is 2.90. The van der Waals surface area contributed by atoms with E-state index in [-0.39, 0.29) is 6.04 Å². The fourth-order valence-corrected chi connectivity index (χ4v) is 2.03. The van der Waals surface area contributed by atoms with Crippen molar-refractivity contribution in [3.05, 3.63) is 54.4 Å². The van der Waals surface area contributed by atoms with Gasteiger partial charge in [-0.3, -0.25) is 4.68 Å². The molecule has 2 rings (SSSR count). The summed E-state index contributed by atoms with van der Waals surface area (Å²) in [5, 5.41) is 18.0. The van der Waals surface area contributed by atoms with Gasteiger partial charge in [0.1, 0.15) is 0 Å². The largest absolute Gasteiger partial charge is 0.384 e. The first-order valence-electron chi connectivity index (χ1n) is 6.56. The summed E-state index contributed by atoms with van der Waals surface area (Å²) < 4.78 is 1.88. The monoisotopic (exact) mass is 259 g/mol. The molecule has 0 aliphatic rings. The van der Waals surface area contributed by atoms with Crippen molar-refractivity contribution in [2.24, 2.45) is 0 Å². The number of hydrogen-bond acceptors (Lipinski definition) is 3. The zero-order valence-corrected chi connectivity index (χ0v) is 11.5. The minimum atomic E-state index is -0.861. The van der Waals surface area contributed by atoms with Crippen LogP contribution >= 0.6 is 0 Å². The average molecular weight is 259 g/mol. The van der Waals surface area contributed by atoms with Gasteiger partial charge in [-0.1, -0.05) is 30.3 Å². The summed E-state index contributed by atoms with van der Waals surface area (Å²) in [7, 11) is 0. The van der Waals surface area contributed by atoms with Crippen LogP contribution < -0.4 is 5.32 Å². The molecular formula is C15H21N3O. The molecule has 1 aromatic carbocycles. The van der Waals surface area contributed by atoms with Gasteiger partial charge in [0.2, 0.25) is 0 Å². The number of rotatable bonds is 6. The van der Waals surface area contributed by atoms with E-state index in [1.165, 1.54) is 0 Å². The summed E-state index contributed by atoms with van der Waals surface area (Å²) in [5.74, 6) is 0. The highest BCUT2D eigenvalue weighted by Gasteiger charge is 2.23.